The highest BCUT2D eigenvalue weighted by Crippen LogP contribution is 2.65. The Labute approximate surface area is 232 Å². The van der Waals surface area contributed by atoms with E-state index >= 15 is 0 Å². The number of nitrogens with zero attached hydrogens (tertiary/aromatic N) is 1. The molecule has 1 heterocycles. The van der Waals surface area contributed by atoms with Gasteiger partial charge in [0.1, 0.15) is 17.7 Å². The number of allylic oxidation sites excluding steroid dienone is 1. The van der Waals surface area contributed by atoms with Crippen molar-refractivity contribution in [2.45, 2.75) is 92.0 Å². The number of piperidine rings is 1. The van der Waals surface area contributed by atoms with Crippen molar-refractivity contribution in [2.24, 2.45) is 22.7 Å². The van der Waals surface area contributed by atoms with E-state index in [4.69, 9.17) is 4.74 Å². The number of fused-ring (bicyclic) bond motifs is 1. The minimum atomic E-state index is -1.07. The van der Waals surface area contributed by atoms with Crippen LogP contribution in [0.25, 0.3) is 0 Å². The van der Waals surface area contributed by atoms with E-state index in [-0.39, 0.29) is 30.2 Å². The van der Waals surface area contributed by atoms with E-state index in [1.54, 1.807) is 26.8 Å². The molecular weight excluding hydrogens is 500 g/mol. The number of likely N-dealkylation sites (tertiary alicyclic amines) is 1. The number of rotatable bonds is 11. The number of amides is 4. The summed E-state index contributed by atoms with van der Waals surface area (Å²) in [5, 5.41) is 7.92. The smallest absolute Gasteiger partial charge is 0.408 e. The molecule has 10 heteroatoms. The Hall–Kier alpha value is -3.17. The van der Waals surface area contributed by atoms with Gasteiger partial charge in [-0.2, -0.15) is 0 Å². The molecule has 0 aromatic carbocycles. The molecule has 1 saturated heterocycles. The highest BCUT2D eigenvalue weighted by atomic mass is 16.6. The number of alkyl carbamates (subject to hydrolysis) is 1. The van der Waals surface area contributed by atoms with Crippen molar-refractivity contribution in [2.75, 3.05) is 13.1 Å². The summed E-state index contributed by atoms with van der Waals surface area (Å²) in [7, 11) is 0. The topological polar surface area (TPSA) is 134 Å². The largest absolute Gasteiger partial charge is 0.444 e. The quantitative estimate of drug-likeness (QED) is 0.270. The predicted octanol–water partition coefficient (Wildman–Crippen LogP) is 2.73. The maximum Gasteiger partial charge on any atom is 0.408 e. The molecule has 39 heavy (non-hydrogen) atoms. The van der Waals surface area contributed by atoms with Crippen LogP contribution in [0.4, 0.5) is 4.79 Å². The lowest BCUT2D eigenvalue weighted by molar-refractivity contribution is -0.145. The highest BCUT2D eigenvalue weighted by molar-refractivity contribution is 6.38. The summed E-state index contributed by atoms with van der Waals surface area (Å²) in [5.41, 5.74) is -1.60. The molecule has 0 spiro atoms. The molecule has 5 atom stereocenters. The van der Waals surface area contributed by atoms with Crippen LogP contribution in [0.2, 0.25) is 0 Å². The van der Waals surface area contributed by atoms with Gasteiger partial charge in [0.15, 0.2) is 0 Å². The highest BCUT2D eigenvalue weighted by Gasteiger charge is 2.69. The molecule has 3 N–H and O–H groups in total. The molecule has 10 nitrogen and oxygen atoms in total. The third-order valence-electron chi connectivity index (χ3n) is 7.46. The number of hydrogen-bond acceptors (Lipinski definition) is 6. The zero-order chi connectivity index (χ0) is 29.9. The average Bonchev–Trinajstić information content (AvgIpc) is 3.14. The van der Waals surface area contributed by atoms with Crippen LogP contribution in [0, 0.1) is 22.7 Å². The van der Waals surface area contributed by atoms with Crippen molar-refractivity contribution < 1.29 is 28.7 Å². The standard InChI is InChI=1S/C29H46N4O6/c1-11-13-14-18(21(34)24(36)30-15-12-2)31-23(35)20-19-17(29(19,9)10)16-33(20)25(37)22(27(3,4)5)32-26(38)39-28(6,7)8/h11-12,17-20,22H,1-2,13-16H2,3-10H3,(H,30,36)(H,31,35)(H,32,38). The van der Waals surface area contributed by atoms with Crippen LogP contribution in [0.15, 0.2) is 25.3 Å². The summed E-state index contributed by atoms with van der Waals surface area (Å²) in [6.45, 7) is 22.4. The molecule has 4 amide bonds. The Morgan fingerprint density at radius 1 is 1.03 bits per heavy atom. The van der Waals surface area contributed by atoms with Crippen LogP contribution in [0.1, 0.15) is 68.2 Å². The van der Waals surface area contributed by atoms with Crippen LogP contribution >= 0.6 is 0 Å². The minimum Gasteiger partial charge on any atom is -0.444 e. The maximum absolute atomic E-state index is 13.9. The van der Waals surface area contributed by atoms with Crippen molar-refractivity contribution in [3.05, 3.63) is 25.3 Å². The van der Waals surface area contributed by atoms with Gasteiger partial charge in [-0.1, -0.05) is 46.8 Å². The Morgan fingerprint density at radius 2 is 1.64 bits per heavy atom. The second-order valence-electron chi connectivity index (χ2n) is 13.1. The molecule has 1 aliphatic carbocycles. The van der Waals surface area contributed by atoms with Gasteiger partial charge in [0.2, 0.25) is 17.6 Å². The number of ether oxygens (including phenoxy) is 1. The fourth-order valence-electron chi connectivity index (χ4n) is 5.27. The first kappa shape index (κ1) is 32.0. The lowest BCUT2D eigenvalue weighted by Gasteiger charge is -2.38. The summed E-state index contributed by atoms with van der Waals surface area (Å²) in [6.07, 6.45) is 2.94. The molecule has 1 aliphatic heterocycles. The van der Waals surface area contributed by atoms with Crippen molar-refractivity contribution >= 4 is 29.6 Å². The average molecular weight is 547 g/mol. The van der Waals surface area contributed by atoms with E-state index in [2.05, 4.69) is 29.1 Å². The number of carbonyl (C=O) groups is 5. The zero-order valence-corrected chi connectivity index (χ0v) is 24.7. The lowest BCUT2D eigenvalue weighted by atomic mass is 9.85. The third kappa shape index (κ3) is 7.70. The van der Waals surface area contributed by atoms with Gasteiger partial charge in [-0.25, -0.2) is 4.79 Å². The van der Waals surface area contributed by atoms with Gasteiger partial charge in [0.05, 0.1) is 6.04 Å². The molecule has 5 unspecified atom stereocenters. The molecule has 2 aliphatic rings. The molecule has 218 valence electrons. The van der Waals surface area contributed by atoms with E-state index in [0.717, 1.165) is 0 Å². The fourth-order valence-corrected chi connectivity index (χ4v) is 5.27. The zero-order valence-electron chi connectivity index (χ0n) is 24.7. The molecule has 0 aromatic rings. The van der Waals surface area contributed by atoms with Gasteiger partial charge in [-0.05, 0) is 56.3 Å². The molecule has 2 rings (SSSR count). The van der Waals surface area contributed by atoms with Crippen LogP contribution in [-0.2, 0) is 23.9 Å². The van der Waals surface area contributed by atoms with Crippen molar-refractivity contribution in [3.63, 3.8) is 0 Å². The van der Waals surface area contributed by atoms with E-state index in [1.807, 2.05) is 34.6 Å². The monoisotopic (exact) mass is 546 g/mol. The lowest BCUT2D eigenvalue weighted by Crippen LogP contribution is -2.60. The summed E-state index contributed by atoms with van der Waals surface area (Å²) >= 11 is 0. The van der Waals surface area contributed by atoms with Gasteiger partial charge in [-0.3, -0.25) is 19.2 Å². The normalized spacial score (nSPS) is 23.0. The van der Waals surface area contributed by atoms with Gasteiger partial charge >= 0.3 is 6.09 Å². The minimum absolute atomic E-state index is 0.0950. The Kier molecular flexibility index (Phi) is 9.79. The first-order valence-electron chi connectivity index (χ1n) is 13.5. The summed E-state index contributed by atoms with van der Waals surface area (Å²) in [5.74, 6) is -2.50. The second kappa shape index (κ2) is 11.9. The molecule has 0 bridgehead atoms. The van der Waals surface area contributed by atoms with Gasteiger partial charge in [0.25, 0.3) is 5.91 Å². The Morgan fingerprint density at radius 3 is 2.15 bits per heavy atom. The van der Waals surface area contributed by atoms with Gasteiger partial charge < -0.3 is 25.6 Å². The van der Waals surface area contributed by atoms with E-state index in [0.29, 0.717) is 13.0 Å². The van der Waals surface area contributed by atoms with Crippen LogP contribution in [0.3, 0.4) is 0 Å². The van der Waals surface area contributed by atoms with E-state index < -0.39 is 58.7 Å². The van der Waals surface area contributed by atoms with Crippen molar-refractivity contribution in [1.82, 2.24) is 20.9 Å². The Bertz CT molecular complexity index is 1010. The Balaban J connectivity index is 2.32. The molecular formula is C29H46N4O6. The SMILES string of the molecule is C=CCCC(NC(=O)C1C2C(CN1C(=O)C(NC(=O)OC(C)(C)C)C(C)(C)C)C2(C)C)C(=O)C(=O)NCC=C. The molecule has 2 fully saturated rings. The summed E-state index contributed by atoms with van der Waals surface area (Å²) in [4.78, 5) is 67.0. The number of Topliss-reactive ketones (excluding diaryl/α,β-unsaturated/α-hetero) is 1. The van der Waals surface area contributed by atoms with Crippen LogP contribution in [-0.4, -0.2) is 71.3 Å². The first-order chi connectivity index (χ1) is 17.9. The number of carbonyl (C=O) groups excluding carboxylic acids is 5. The molecule has 0 aromatic heterocycles. The van der Waals surface area contributed by atoms with Crippen LogP contribution < -0.4 is 16.0 Å². The van der Waals surface area contributed by atoms with Gasteiger partial charge in [-0.15, -0.1) is 13.2 Å². The number of nitrogens with one attached hydrogen (secondary N) is 3. The van der Waals surface area contributed by atoms with Crippen molar-refractivity contribution in [1.29, 1.82) is 0 Å². The fraction of sp³-hybridized carbons (Fsp3) is 0.690. The second-order valence-corrected chi connectivity index (χ2v) is 13.1. The number of hydrogen-bond donors (Lipinski definition) is 3. The van der Waals surface area contributed by atoms with Crippen LogP contribution in [0.5, 0.6) is 0 Å². The third-order valence-corrected chi connectivity index (χ3v) is 7.46. The van der Waals surface area contributed by atoms with Gasteiger partial charge in [0, 0.05) is 13.1 Å². The molecule has 1 saturated carbocycles. The molecule has 0 radical (unpaired) electrons. The first-order valence-corrected chi connectivity index (χ1v) is 13.5. The van der Waals surface area contributed by atoms with Crippen molar-refractivity contribution in [3.8, 4) is 0 Å². The van der Waals surface area contributed by atoms with E-state index in [9.17, 15) is 24.0 Å². The summed E-state index contributed by atoms with van der Waals surface area (Å²) in [6, 6.07) is -2.87. The predicted molar refractivity (Wildman–Crippen MR) is 148 cm³/mol. The maximum atomic E-state index is 13.9. The van der Waals surface area contributed by atoms with E-state index in [1.165, 1.54) is 11.0 Å². The number of ketones is 1. The summed E-state index contributed by atoms with van der Waals surface area (Å²) < 4.78 is 5.39.